The van der Waals surface area contributed by atoms with E-state index < -0.39 is 0 Å². The molecule has 5 aromatic rings. The van der Waals surface area contributed by atoms with Gasteiger partial charge in [-0.15, -0.1) is 0 Å². The molecule has 0 aliphatic heterocycles. The Balaban J connectivity index is 1.59. The van der Waals surface area contributed by atoms with Crippen LogP contribution in [0.15, 0.2) is 121 Å². The highest BCUT2D eigenvalue weighted by Crippen LogP contribution is 2.32. The predicted octanol–water partition coefficient (Wildman–Crippen LogP) is 6.68. The van der Waals surface area contributed by atoms with Gasteiger partial charge in [-0.2, -0.15) is 5.10 Å². The molecule has 162 valence electrons. The zero-order chi connectivity index (χ0) is 22.5. The van der Waals surface area contributed by atoms with Crippen LogP contribution in [0.2, 0.25) is 0 Å². The van der Waals surface area contributed by atoms with Crippen LogP contribution in [-0.2, 0) is 12.8 Å². The molecule has 0 atom stereocenters. The molecular formula is C30H26N2O. The highest BCUT2D eigenvalue weighted by molar-refractivity contribution is 5.61. The first-order chi connectivity index (χ1) is 16.3. The Hall–Kier alpha value is -4.11. The number of aryl methyl sites for hydroxylation is 2. The first-order valence-electron chi connectivity index (χ1n) is 11.3. The summed E-state index contributed by atoms with van der Waals surface area (Å²) in [6.45, 7) is 0. The van der Waals surface area contributed by atoms with Gasteiger partial charge in [0, 0.05) is 0 Å². The maximum atomic E-state index is 9.81. The van der Waals surface area contributed by atoms with Crippen molar-refractivity contribution in [2.24, 2.45) is 0 Å². The van der Waals surface area contributed by atoms with E-state index in [1.807, 2.05) is 36.4 Å². The molecule has 1 N–H and O–H groups in total. The van der Waals surface area contributed by atoms with E-state index in [1.165, 1.54) is 11.1 Å². The fraction of sp³-hybridized carbons (Fsp3) is 0.100. The van der Waals surface area contributed by atoms with Crippen molar-refractivity contribution >= 4 is 0 Å². The molecule has 1 aromatic heterocycles. The van der Waals surface area contributed by atoms with Gasteiger partial charge in [0.25, 0.3) is 0 Å². The molecule has 3 nitrogen and oxygen atoms in total. The van der Waals surface area contributed by atoms with E-state index in [2.05, 4.69) is 83.5 Å². The molecule has 0 fully saturated rings. The van der Waals surface area contributed by atoms with Gasteiger partial charge in [0.05, 0.1) is 11.4 Å². The zero-order valence-corrected chi connectivity index (χ0v) is 18.4. The zero-order valence-electron chi connectivity index (χ0n) is 18.4. The largest absolute Gasteiger partial charge is 0.508 e. The molecule has 0 spiro atoms. The summed E-state index contributed by atoms with van der Waals surface area (Å²) in [5, 5.41) is 14.9. The molecule has 0 amide bonds. The minimum atomic E-state index is -0.0304. The van der Waals surface area contributed by atoms with E-state index in [-0.39, 0.29) is 6.04 Å². The number of hydrogen-bond acceptors (Lipinski definition) is 2. The van der Waals surface area contributed by atoms with E-state index in [0.29, 0.717) is 5.75 Å². The van der Waals surface area contributed by atoms with E-state index in [0.717, 1.165) is 35.4 Å². The lowest BCUT2D eigenvalue weighted by molar-refractivity contribution is 0.474. The lowest BCUT2D eigenvalue weighted by Gasteiger charge is -2.21. The van der Waals surface area contributed by atoms with Gasteiger partial charge in [-0.25, -0.2) is 0 Å². The normalized spacial score (nSPS) is 11.1. The molecule has 5 rings (SSSR count). The Bertz CT molecular complexity index is 1270. The van der Waals surface area contributed by atoms with Crippen LogP contribution >= 0.6 is 0 Å². The number of benzene rings is 4. The van der Waals surface area contributed by atoms with Gasteiger partial charge in [-0.1, -0.05) is 103 Å². The number of hydrogen-bond donors (Lipinski definition) is 1. The van der Waals surface area contributed by atoms with Crippen molar-refractivity contribution in [1.29, 1.82) is 0 Å². The smallest absolute Gasteiger partial charge is 0.115 e. The van der Waals surface area contributed by atoms with E-state index in [1.54, 1.807) is 6.07 Å². The third kappa shape index (κ3) is 4.73. The maximum absolute atomic E-state index is 9.81. The van der Waals surface area contributed by atoms with Gasteiger partial charge in [0.15, 0.2) is 0 Å². The lowest BCUT2D eigenvalue weighted by atomic mass is 9.98. The minimum Gasteiger partial charge on any atom is -0.508 e. The van der Waals surface area contributed by atoms with Gasteiger partial charge < -0.3 is 5.11 Å². The average molecular weight is 431 g/mol. The van der Waals surface area contributed by atoms with Crippen molar-refractivity contribution in [2.45, 2.75) is 18.9 Å². The number of rotatable bonds is 7. The Morgan fingerprint density at radius 3 is 1.85 bits per heavy atom. The summed E-state index contributed by atoms with van der Waals surface area (Å²) in [7, 11) is 0. The molecule has 0 aliphatic carbocycles. The van der Waals surface area contributed by atoms with Crippen LogP contribution in [0, 0.1) is 0 Å². The van der Waals surface area contributed by atoms with Crippen molar-refractivity contribution in [2.75, 3.05) is 0 Å². The summed E-state index contributed by atoms with van der Waals surface area (Å²) in [4.78, 5) is 0. The third-order valence-corrected chi connectivity index (χ3v) is 5.91. The molecule has 33 heavy (non-hydrogen) atoms. The lowest BCUT2D eigenvalue weighted by Crippen LogP contribution is -2.15. The fourth-order valence-electron chi connectivity index (χ4n) is 4.32. The summed E-state index contributed by atoms with van der Waals surface area (Å²) < 4.78 is 2.16. The molecular weight excluding hydrogens is 404 g/mol. The van der Waals surface area contributed by atoms with Crippen LogP contribution < -0.4 is 0 Å². The molecule has 0 saturated carbocycles. The summed E-state index contributed by atoms with van der Waals surface area (Å²) in [5.74, 6) is 0.302. The van der Waals surface area contributed by atoms with Crippen LogP contribution in [0.3, 0.4) is 0 Å². The van der Waals surface area contributed by atoms with Crippen LogP contribution in [-0.4, -0.2) is 14.9 Å². The summed E-state index contributed by atoms with van der Waals surface area (Å²) in [6, 6.07) is 41.2. The second-order valence-electron chi connectivity index (χ2n) is 8.23. The fourth-order valence-corrected chi connectivity index (χ4v) is 4.32. The van der Waals surface area contributed by atoms with Gasteiger partial charge in [-0.3, -0.25) is 4.68 Å². The van der Waals surface area contributed by atoms with Gasteiger partial charge >= 0.3 is 0 Å². The molecule has 0 bridgehead atoms. The summed E-state index contributed by atoms with van der Waals surface area (Å²) in [5.41, 5.74) is 6.78. The number of nitrogens with zero attached hydrogens (tertiary/aromatic N) is 2. The third-order valence-electron chi connectivity index (χ3n) is 5.91. The Labute approximate surface area is 194 Å². The first-order valence-corrected chi connectivity index (χ1v) is 11.3. The summed E-state index contributed by atoms with van der Waals surface area (Å²) >= 11 is 0. The van der Waals surface area contributed by atoms with E-state index >= 15 is 0 Å². The molecule has 3 heteroatoms. The molecule has 0 unspecified atom stereocenters. The summed E-state index contributed by atoms with van der Waals surface area (Å²) in [6.07, 6.45) is 1.62. The molecule has 0 radical (unpaired) electrons. The maximum Gasteiger partial charge on any atom is 0.115 e. The van der Waals surface area contributed by atoms with Gasteiger partial charge in [0.1, 0.15) is 11.8 Å². The second kappa shape index (κ2) is 9.58. The van der Waals surface area contributed by atoms with Gasteiger partial charge in [-0.05, 0) is 53.3 Å². The Kier molecular flexibility index (Phi) is 6.03. The van der Waals surface area contributed by atoms with Gasteiger partial charge in [0.2, 0.25) is 0 Å². The van der Waals surface area contributed by atoms with Crippen LogP contribution in [0.1, 0.15) is 28.4 Å². The van der Waals surface area contributed by atoms with Crippen molar-refractivity contribution in [1.82, 2.24) is 9.78 Å². The Morgan fingerprint density at radius 2 is 1.24 bits per heavy atom. The average Bonchev–Trinajstić information content (AvgIpc) is 3.29. The Morgan fingerprint density at radius 1 is 0.636 bits per heavy atom. The highest BCUT2D eigenvalue weighted by atomic mass is 16.3. The standard InChI is InChI=1S/C30H26N2O/c33-28-18-10-11-23(21-28)19-20-27-22-29(24-12-4-1-5-13-24)32(31-27)30(25-14-6-2-7-15-25)26-16-8-3-9-17-26/h1-18,21-22,30,33H,19-20H2. The first kappa shape index (κ1) is 20.8. The van der Waals surface area contributed by atoms with E-state index in [9.17, 15) is 5.11 Å². The number of aromatic hydroxyl groups is 1. The topological polar surface area (TPSA) is 38.0 Å². The molecule has 1 heterocycles. The van der Waals surface area contributed by atoms with Crippen molar-refractivity contribution in [3.63, 3.8) is 0 Å². The van der Waals surface area contributed by atoms with Crippen molar-refractivity contribution in [3.05, 3.63) is 144 Å². The number of phenols is 1. The number of phenolic OH excluding ortho intramolecular Hbond substituents is 1. The monoisotopic (exact) mass is 430 g/mol. The highest BCUT2D eigenvalue weighted by Gasteiger charge is 2.22. The number of aromatic nitrogens is 2. The second-order valence-corrected chi connectivity index (χ2v) is 8.23. The molecule has 0 saturated heterocycles. The van der Waals surface area contributed by atoms with Crippen LogP contribution in [0.4, 0.5) is 0 Å². The van der Waals surface area contributed by atoms with Crippen molar-refractivity contribution in [3.8, 4) is 17.0 Å². The minimum absolute atomic E-state index is 0.0304. The predicted molar refractivity (Wildman–Crippen MR) is 133 cm³/mol. The molecule has 0 aliphatic rings. The van der Waals surface area contributed by atoms with E-state index in [4.69, 9.17) is 5.10 Å². The SMILES string of the molecule is Oc1cccc(CCc2cc(-c3ccccc3)n(C(c3ccccc3)c3ccccc3)n2)c1. The molecule has 4 aromatic carbocycles. The van der Waals surface area contributed by atoms with Crippen LogP contribution in [0.25, 0.3) is 11.3 Å². The van der Waals surface area contributed by atoms with Crippen LogP contribution in [0.5, 0.6) is 5.75 Å². The quantitative estimate of drug-likeness (QED) is 0.313. The van der Waals surface area contributed by atoms with Crippen molar-refractivity contribution < 1.29 is 5.11 Å².